The average molecular weight is 605 g/mol. The number of halogens is 3. The molecule has 1 aliphatic rings. The molecule has 0 aliphatic carbocycles. The molecule has 5 rings (SSSR count). The van der Waals surface area contributed by atoms with E-state index in [2.05, 4.69) is 19.6 Å². The molecule has 4 N–H and O–H groups in total. The van der Waals surface area contributed by atoms with Crippen LogP contribution in [0.25, 0.3) is 22.2 Å². The Morgan fingerprint density at radius 2 is 1.83 bits per heavy atom. The summed E-state index contributed by atoms with van der Waals surface area (Å²) in [6, 6.07) is 11.7. The summed E-state index contributed by atoms with van der Waals surface area (Å²) in [6.07, 6.45) is 4.88. The molecule has 0 unspecified atom stereocenters. The zero-order valence-electron chi connectivity index (χ0n) is 22.5. The van der Waals surface area contributed by atoms with Crippen LogP contribution < -0.4 is 15.4 Å². The van der Waals surface area contributed by atoms with E-state index in [1.165, 1.54) is 13.2 Å². The molecule has 3 heterocycles. The van der Waals surface area contributed by atoms with Crippen molar-refractivity contribution in [3.8, 4) is 11.1 Å². The number of hydrogen-bond donors (Lipinski definition) is 3. The highest BCUT2D eigenvalue weighted by Crippen LogP contribution is 2.31. The standard InChI is InChI=1S/C28H30F2N6O3S.ClH/c1-3-35(2)40(38,39)34-24-9-8-23(29)25(26(24)30)27(37)22-16-33-28-21(22)14-18(15-32-28)17-4-6-20(7-5-17)36-12-10-19(31)11-13-36;/h4-9,14-16,19,34H,3,10-13,31H2,1-2H3,(H,32,33);1H. The topological polar surface area (TPSA) is 124 Å². The van der Waals surface area contributed by atoms with E-state index in [9.17, 15) is 17.6 Å². The highest BCUT2D eigenvalue weighted by Gasteiger charge is 2.27. The van der Waals surface area contributed by atoms with Crippen molar-refractivity contribution in [2.45, 2.75) is 25.8 Å². The molecule has 0 spiro atoms. The number of carbonyl (C=O) groups excluding carboxylic acids is 1. The monoisotopic (exact) mass is 604 g/mol. The number of nitrogens with one attached hydrogen (secondary N) is 2. The summed E-state index contributed by atoms with van der Waals surface area (Å²) in [5, 5.41) is 0.382. The van der Waals surface area contributed by atoms with Gasteiger partial charge in [-0.05, 0) is 48.7 Å². The minimum atomic E-state index is -4.09. The van der Waals surface area contributed by atoms with Gasteiger partial charge in [0.2, 0.25) is 5.78 Å². The number of piperidine rings is 1. The zero-order valence-corrected chi connectivity index (χ0v) is 24.2. The molecular formula is C28H31ClF2N6O3S. The second-order valence-corrected chi connectivity index (χ2v) is 11.6. The van der Waals surface area contributed by atoms with Gasteiger partial charge in [0.25, 0.3) is 0 Å². The van der Waals surface area contributed by atoms with Crippen molar-refractivity contribution in [1.29, 1.82) is 0 Å². The van der Waals surface area contributed by atoms with Gasteiger partial charge in [0.15, 0.2) is 5.82 Å². The first-order valence-electron chi connectivity index (χ1n) is 12.9. The smallest absolute Gasteiger partial charge is 0.301 e. The lowest BCUT2D eigenvalue weighted by molar-refractivity contribution is 0.103. The Bertz CT molecular complexity index is 1670. The maximum absolute atomic E-state index is 15.4. The molecule has 0 bridgehead atoms. The molecule has 0 amide bonds. The number of aromatic nitrogens is 2. The average Bonchev–Trinajstić information content (AvgIpc) is 3.38. The molecule has 0 atom stereocenters. The molecule has 1 aliphatic heterocycles. The van der Waals surface area contributed by atoms with Gasteiger partial charge in [0.05, 0.1) is 11.3 Å². The fourth-order valence-corrected chi connectivity index (χ4v) is 5.66. The number of fused-ring (bicyclic) bond motifs is 1. The lowest BCUT2D eigenvalue weighted by atomic mass is 9.99. The third-order valence-electron chi connectivity index (χ3n) is 7.29. The van der Waals surface area contributed by atoms with E-state index in [-0.39, 0.29) is 30.6 Å². The number of ketones is 1. The Labute approximate surface area is 243 Å². The molecule has 0 saturated carbocycles. The van der Waals surface area contributed by atoms with Crippen LogP contribution >= 0.6 is 12.4 Å². The Morgan fingerprint density at radius 1 is 1.15 bits per heavy atom. The van der Waals surface area contributed by atoms with E-state index in [0.717, 1.165) is 59.2 Å². The first-order chi connectivity index (χ1) is 19.1. The van der Waals surface area contributed by atoms with Crippen LogP contribution in [0.5, 0.6) is 0 Å². The van der Waals surface area contributed by atoms with Crippen molar-refractivity contribution < 1.29 is 22.0 Å². The quantitative estimate of drug-likeness (QED) is 0.251. The summed E-state index contributed by atoms with van der Waals surface area (Å²) in [6.45, 7) is 3.53. The molecule has 218 valence electrons. The summed E-state index contributed by atoms with van der Waals surface area (Å²) in [5.74, 6) is -3.35. The van der Waals surface area contributed by atoms with Crippen LogP contribution in [-0.2, 0) is 10.2 Å². The van der Waals surface area contributed by atoms with Gasteiger partial charge in [-0.3, -0.25) is 9.52 Å². The highest BCUT2D eigenvalue weighted by atomic mass is 35.5. The number of anilines is 2. The predicted molar refractivity (Wildman–Crippen MR) is 159 cm³/mol. The van der Waals surface area contributed by atoms with Gasteiger partial charge in [0.1, 0.15) is 11.5 Å². The van der Waals surface area contributed by atoms with Gasteiger partial charge in [0, 0.05) is 67.3 Å². The van der Waals surface area contributed by atoms with E-state index in [0.29, 0.717) is 11.0 Å². The van der Waals surface area contributed by atoms with Crippen LogP contribution in [0.4, 0.5) is 20.2 Å². The van der Waals surface area contributed by atoms with Crippen molar-refractivity contribution in [1.82, 2.24) is 14.3 Å². The van der Waals surface area contributed by atoms with Crippen LogP contribution in [0, 0.1) is 11.6 Å². The zero-order chi connectivity index (χ0) is 28.6. The maximum atomic E-state index is 15.4. The van der Waals surface area contributed by atoms with Crippen molar-refractivity contribution >= 4 is 50.8 Å². The molecule has 2 aromatic heterocycles. The SMILES string of the molecule is CCN(C)S(=O)(=O)Nc1ccc(F)c(C(=O)c2c[nH]c3ncc(-c4ccc(N5CCC(N)CC5)cc4)cc23)c1F.Cl. The predicted octanol–water partition coefficient (Wildman–Crippen LogP) is 4.70. The summed E-state index contributed by atoms with van der Waals surface area (Å²) >= 11 is 0. The van der Waals surface area contributed by atoms with Crippen LogP contribution in [0.3, 0.4) is 0 Å². The number of nitrogens with zero attached hydrogens (tertiary/aromatic N) is 3. The Kier molecular flexibility index (Phi) is 8.97. The van der Waals surface area contributed by atoms with E-state index >= 15 is 4.39 Å². The van der Waals surface area contributed by atoms with Crippen LogP contribution in [0.2, 0.25) is 0 Å². The summed E-state index contributed by atoms with van der Waals surface area (Å²) in [5.41, 5.74) is 7.68. The molecular weight excluding hydrogens is 574 g/mol. The molecule has 1 saturated heterocycles. The number of rotatable bonds is 8. The number of hydrogen-bond acceptors (Lipinski definition) is 6. The van der Waals surface area contributed by atoms with E-state index in [1.807, 2.05) is 24.3 Å². The van der Waals surface area contributed by atoms with E-state index < -0.39 is 38.9 Å². The van der Waals surface area contributed by atoms with Gasteiger partial charge in [-0.2, -0.15) is 12.7 Å². The summed E-state index contributed by atoms with van der Waals surface area (Å²) in [4.78, 5) is 23.0. The van der Waals surface area contributed by atoms with Crippen molar-refractivity contribution in [3.63, 3.8) is 0 Å². The molecule has 0 radical (unpaired) electrons. The Morgan fingerprint density at radius 3 is 2.49 bits per heavy atom. The number of H-pyrrole nitrogens is 1. The van der Waals surface area contributed by atoms with Crippen LogP contribution in [0.1, 0.15) is 35.7 Å². The van der Waals surface area contributed by atoms with Gasteiger partial charge < -0.3 is 15.6 Å². The van der Waals surface area contributed by atoms with Gasteiger partial charge in [-0.1, -0.05) is 19.1 Å². The fourth-order valence-electron chi connectivity index (χ4n) is 4.73. The number of nitrogens with two attached hydrogens (primary N) is 1. The molecule has 2 aromatic carbocycles. The lowest BCUT2D eigenvalue weighted by Crippen LogP contribution is -2.39. The number of benzene rings is 2. The Balaban J connectivity index is 0.00000387. The van der Waals surface area contributed by atoms with Crippen LogP contribution in [-0.4, -0.2) is 61.2 Å². The number of carbonyl (C=O) groups is 1. The minimum Gasteiger partial charge on any atom is -0.371 e. The van der Waals surface area contributed by atoms with Gasteiger partial charge in [-0.15, -0.1) is 12.4 Å². The third kappa shape index (κ3) is 6.05. The summed E-state index contributed by atoms with van der Waals surface area (Å²) in [7, 11) is -2.79. The highest BCUT2D eigenvalue weighted by molar-refractivity contribution is 7.90. The van der Waals surface area contributed by atoms with Gasteiger partial charge in [-0.25, -0.2) is 13.8 Å². The van der Waals surface area contributed by atoms with Crippen molar-refractivity contribution in [2.75, 3.05) is 36.3 Å². The molecule has 41 heavy (non-hydrogen) atoms. The van der Waals surface area contributed by atoms with Crippen LogP contribution in [0.15, 0.2) is 54.9 Å². The van der Waals surface area contributed by atoms with E-state index in [1.54, 1.807) is 19.2 Å². The van der Waals surface area contributed by atoms with E-state index in [4.69, 9.17) is 5.73 Å². The largest absolute Gasteiger partial charge is 0.371 e. The fraction of sp³-hybridized carbons (Fsp3) is 0.286. The van der Waals surface area contributed by atoms with Crippen molar-refractivity contribution in [2.24, 2.45) is 5.73 Å². The first-order valence-corrected chi connectivity index (χ1v) is 14.4. The number of aromatic amines is 1. The molecule has 4 aromatic rings. The van der Waals surface area contributed by atoms with Gasteiger partial charge >= 0.3 is 10.2 Å². The lowest BCUT2D eigenvalue weighted by Gasteiger charge is -2.32. The van der Waals surface area contributed by atoms with Crippen molar-refractivity contribution in [3.05, 3.63) is 77.6 Å². The number of pyridine rings is 1. The maximum Gasteiger partial charge on any atom is 0.301 e. The molecule has 13 heteroatoms. The Hall–Kier alpha value is -3.58. The minimum absolute atomic E-state index is 0. The second kappa shape index (κ2) is 12.1. The third-order valence-corrected chi connectivity index (χ3v) is 8.85. The molecule has 1 fully saturated rings. The normalized spacial score (nSPS) is 14.3. The summed E-state index contributed by atoms with van der Waals surface area (Å²) < 4.78 is 58.0. The second-order valence-electron chi connectivity index (χ2n) is 9.83. The molecule has 9 nitrogen and oxygen atoms in total. The first kappa shape index (κ1) is 30.4.